The molecule has 29 heavy (non-hydrogen) atoms. The van der Waals surface area contributed by atoms with Gasteiger partial charge < -0.3 is 11.1 Å². The summed E-state index contributed by atoms with van der Waals surface area (Å²) in [7, 11) is 0. The van der Waals surface area contributed by atoms with Crippen LogP contribution in [0.25, 0.3) is 6.08 Å². The van der Waals surface area contributed by atoms with E-state index in [1.54, 1.807) is 26.0 Å². The summed E-state index contributed by atoms with van der Waals surface area (Å²) in [6.45, 7) is 5.16. The summed E-state index contributed by atoms with van der Waals surface area (Å²) < 4.78 is 52.6. The molecule has 3 nitrogen and oxygen atoms in total. The maximum absolute atomic E-state index is 13.6. The Morgan fingerprint density at radius 3 is 2.48 bits per heavy atom. The van der Waals surface area contributed by atoms with Gasteiger partial charge in [0.1, 0.15) is 5.82 Å². The Morgan fingerprint density at radius 2 is 1.90 bits per heavy atom. The Balaban J connectivity index is 2.22. The second kappa shape index (κ2) is 9.11. The number of nitrogen functional groups attached to an aromatic ring is 1. The quantitative estimate of drug-likeness (QED) is 0.368. The van der Waals surface area contributed by atoms with Gasteiger partial charge in [0, 0.05) is 5.57 Å². The zero-order valence-corrected chi connectivity index (χ0v) is 16.5. The lowest BCUT2D eigenvalue weighted by Crippen LogP contribution is -2.27. The molecule has 2 aromatic carbocycles. The number of carbonyl (C=O) groups excluding carboxylic acids is 1. The normalized spacial score (nSPS) is 13.3. The molecule has 1 atom stereocenters. The summed E-state index contributed by atoms with van der Waals surface area (Å²) in [5.41, 5.74) is 6.76. The largest absolute Gasteiger partial charge is 0.416 e. The van der Waals surface area contributed by atoms with Gasteiger partial charge in [-0.05, 0) is 67.3 Å². The average Bonchev–Trinajstić information content (AvgIpc) is 2.64. The second-order valence-corrected chi connectivity index (χ2v) is 6.96. The fraction of sp³-hybridized carbons (Fsp3) is 0.318. The first kappa shape index (κ1) is 22.5. The van der Waals surface area contributed by atoms with E-state index in [9.17, 15) is 22.4 Å². The van der Waals surface area contributed by atoms with Crippen molar-refractivity contribution in [3.05, 3.63) is 70.0 Å². The third kappa shape index (κ3) is 5.82. The van der Waals surface area contributed by atoms with E-state index in [4.69, 9.17) is 5.73 Å². The zero-order valence-electron chi connectivity index (χ0n) is 16.5. The Bertz CT molecular complexity index is 920. The third-order valence-corrected chi connectivity index (χ3v) is 4.59. The van der Waals surface area contributed by atoms with Crippen LogP contribution in [0, 0.1) is 5.82 Å². The molecule has 0 radical (unpaired) electrons. The highest BCUT2D eigenvalue weighted by Crippen LogP contribution is 2.31. The number of alkyl halides is 3. The topological polar surface area (TPSA) is 55.1 Å². The molecule has 7 heteroatoms. The highest BCUT2D eigenvalue weighted by Gasteiger charge is 2.30. The molecule has 0 unspecified atom stereocenters. The van der Waals surface area contributed by atoms with Crippen LogP contribution >= 0.6 is 0 Å². The van der Waals surface area contributed by atoms with Crippen LogP contribution in [-0.4, -0.2) is 5.91 Å². The van der Waals surface area contributed by atoms with Crippen LogP contribution < -0.4 is 11.1 Å². The van der Waals surface area contributed by atoms with Gasteiger partial charge in [0.15, 0.2) is 0 Å². The molecule has 2 aromatic rings. The van der Waals surface area contributed by atoms with Crippen LogP contribution in [0.3, 0.4) is 0 Å². The Kier molecular flexibility index (Phi) is 7.06. The third-order valence-electron chi connectivity index (χ3n) is 4.59. The second-order valence-electron chi connectivity index (χ2n) is 6.96. The van der Waals surface area contributed by atoms with Crippen molar-refractivity contribution in [2.75, 3.05) is 5.73 Å². The van der Waals surface area contributed by atoms with Crippen molar-refractivity contribution < 1.29 is 22.4 Å². The molecular formula is C22H24F4N2O. The molecule has 0 fully saturated rings. The van der Waals surface area contributed by atoms with Gasteiger partial charge in [0.05, 0.1) is 17.3 Å². The lowest BCUT2D eigenvalue weighted by atomic mass is 9.98. The first-order valence-corrected chi connectivity index (χ1v) is 9.27. The van der Waals surface area contributed by atoms with Crippen molar-refractivity contribution >= 4 is 17.7 Å². The van der Waals surface area contributed by atoms with E-state index in [0.29, 0.717) is 35.1 Å². The molecule has 0 saturated heterocycles. The van der Waals surface area contributed by atoms with Gasteiger partial charge in [0.25, 0.3) is 0 Å². The SMILES string of the molecule is CCCc1cc(C(F)(F)F)ccc1/C=C(\C)C(=O)N[C@H](C)c1ccc(N)c(F)c1. The molecule has 1 amide bonds. The minimum atomic E-state index is -4.42. The molecular weight excluding hydrogens is 384 g/mol. The fourth-order valence-corrected chi connectivity index (χ4v) is 2.91. The summed E-state index contributed by atoms with van der Waals surface area (Å²) >= 11 is 0. The van der Waals surface area contributed by atoms with Crippen LogP contribution in [0.15, 0.2) is 42.0 Å². The van der Waals surface area contributed by atoms with Crippen molar-refractivity contribution in [2.24, 2.45) is 0 Å². The minimum Gasteiger partial charge on any atom is -0.396 e. The highest BCUT2D eigenvalue weighted by molar-refractivity contribution is 5.97. The number of anilines is 1. The summed E-state index contributed by atoms with van der Waals surface area (Å²) in [4.78, 5) is 12.5. The van der Waals surface area contributed by atoms with Crippen LogP contribution in [0.1, 0.15) is 55.5 Å². The zero-order chi connectivity index (χ0) is 21.8. The van der Waals surface area contributed by atoms with E-state index < -0.39 is 29.5 Å². The molecule has 0 saturated carbocycles. The molecule has 0 bridgehead atoms. The summed E-state index contributed by atoms with van der Waals surface area (Å²) in [5, 5.41) is 2.76. The van der Waals surface area contributed by atoms with Gasteiger partial charge >= 0.3 is 6.18 Å². The number of benzene rings is 2. The van der Waals surface area contributed by atoms with Gasteiger partial charge in [-0.15, -0.1) is 0 Å². The minimum absolute atomic E-state index is 0.0223. The van der Waals surface area contributed by atoms with E-state index in [1.807, 2.05) is 6.92 Å². The Hall–Kier alpha value is -2.83. The van der Waals surface area contributed by atoms with Crippen molar-refractivity contribution in [1.29, 1.82) is 0 Å². The van der Waals surface area contributed by atoms with E-state index in [1.165, 1.54) is 18.2 Å². The van der Waals surface area contributed by atoms with Crippen molar-refractivity contribution in [3.8, 4) is 0 Å². The lowest BCUT2D eigenvalue weighted by molar-refractivity contribution is -0.137. The maximum Gasteiger partial charge on any atom is 0.416 e. The standard InChI is InChI=1S/C22H24F4N2O/c1-4-5-16-11-18(22(24,25)26)8-6-17(16)10-13(2)21(29)28-14(3)15-7-9-20(27)19(23)12-15/h6-12,14H,4-5,27H2,1-3H3,(H,28,29)/b13-10+/t14-/m1/s1. The van der Waals surface area contributed by atoms with Gasteiger partial charge in [-0.2, -0.15) is 13.2 Å². The lowest BCUT2D eigenvalue weighted by Gasteiger charge is -2.16. The molecule has 0 aliphatic carbocycles. The van der Waals surface area contributed by atoms with Crippen LogP contribution in [-0.2, 0) is 17.4 Å². The molecule has 0 heterocycles. The van der Waals surface area contributed by atoms with Crippen molar-refractivity contribution in [3.63, 3.8) is 0 Å². The maximum atomic E-state index is 13.6. The van der Waals surface area contributed by atoms with Gasteiger partial charge in [-0.25, -0.2) is 4.39 Å². The van der Waals surface area contributed by atoms with Crippen molar-refractivity contribution in [1.82, 2.24) is 5.32 Å². The predicted octanol–water partition coefficient (Wildman–Crippen LogP) is 5.66. The number of hydrogen-bond acceptors (Lipinski definition) is 2. The Morgan fingerprint density at radius 1 is 1.21 bits per heavy atom. The summed E-state index contributed by atoms with van der Waals surface area (Å²) in [6.07, 6.45) is -1.71. The number of hydrogen-bond donors (Lipinski definition) is 2. The van der Waals surface area contributed by atoms with Gasteiger partial charge in [-0.3, -0.25) is 4.79 Å². The van der Waals surface area contributed by atoms with E-state index in [0.717, 1.165) is 12.1 Å². The molecule has 0 aliphatic heterocycles. The van der Waals surface area contributed by atoms with E-state index in [2.05, 4.69) is 5.32 Å². The van der Waals surface area contributed by atoms with Crippen LogP contribution in [0.2, 0.25) is 0 Å². The van der Waals surface area contributed by atoms with Crippen LogP contribution in [0.4, 0.5) is 23.2 Å². The first-order chi connectivity index (χ1) is 13.5. The predicted molar refractivity (Wildman–Crippen MR) is 106 cm³/mol. The number of rotatable bonds is 6. The smallest absolute Gasteiger partial charge is 0.396 e. The fourth-order valence-electron chi connectivity index (χ4n) is 2.91. The molecule has 2 rings (SSSR count). The van der Waals surface area contributed by atoms with Gasteiger partial charge in [0.2, 0.25) is 5.91 Å². The summed E-state index contributed by atoms with van der Waals surface area (Å²) in [6, 6.07) is 7.35. The number of amides is 1. The van der Waals surface area contributed by atoms with Crippen molar-refractivity contribution in [2.45, 2.75) is 45.8 Å². The van der Waals surface area contributed by atoms with E-state index >= 15 is 0 Å². The number of aryl methyl sites for hydroxylation is 1. The molecule has 156 valence electrons. The number of nitrogens with one attached hydrogen (secondary N) is 1. The molecule has 0 aromatic heterocycles. The number of halogens is 4. The number of carbonyl (C=O) groups is 1. The molecule has 3 N–H and O–H groups in total. The molecule has 0 spiro atoms. The molecule has 0 aliphatic rings. The van der Waals surface area contributed by atoms with Crippen LogP contribution in [0.5, 0.6) is 0 Å². The van der Waals surface area contributed by atoms with Gasteiger partial charge in [-0.1, -0.05) is 25.5 Å². The monoisotopic (exact) mass is 408 g/mol. The first-order valence-electron chi connectivity index (χ1n) is 9.27. The van der Waals surface area contributed by atoms with E-state index in [-0.39, 0.29) is 5.69 Å². The Labute approximate surface area is 167 Å². The summed E-state index contributed by atoms with van der Waals surface area (Å²) in [5.74, 6) is -0.957. The number of nitrogens with two attached hydrogens (primary N) is 1. The average molecular weight is 408 g/mol. The highest BCUT2D eigenvalue weighted by atomic mass is 19.4.